The molecular formula is C23H22F3N3O2. The molecule has 1 amide bonds. The number of amides is 1. The summed E-state index contributed by atoms with van der Waals surface area (Å²) in [5, 5.41) is 6.86. The number of hydrogen-bond donors (Lipinski definition) is 1. The van der Waals surface area contributed by atoms with Crippen molar-refractivity contribution in [2.45, 2.75) is 39.4 Å². The second kappa shape index (κ2) is 8.09. The summed E-state index contributed by atoms with van der Waals surface area (Å²) in [5.41, 5.74) is 2.86. The minimum atomic E-state index is -4.55. The van der Waals surface area contributed by atoms with E-state index in [0.717, 1.165) is 40.8 Å². The molecule has 0 aliphatic carbocycles. The second-order valence-electron chi connectivity index (χ2n) is 7.67. The van der Waals surface area contributed by atoms with Crippen LogP contribution in [0.1, 0.15) is 33.6 Å². The van der Waals surface area contributed by atoms with E-state index in [1.165, 1.54) is 10.7 Å². The van der Waals surface area contributed by atoms with Crippen LogP contribution < -0.4 is 10.1 Å². The van der Waals surface area contributed by atoms with Crippen molar-refractivity contribution in [1.82, 2.24) is 15.1 Å². The number of ether oxygens (including phenoxy) is 1. The Morgan fingerprint density at radius 2 is 1.97 bits per heavy atom. The summed E-state index contributed by atoms with van der Waals surface area (Å²) in [4.78, 5) is 12.3. The fourth-order valence-corrected chi connectivity index (χ4v) is 3.80. The summed E-state index contributed by atoms with van der Waals surface area (Å²) in [6.45, 7) is 3.98. The molecule has 0 saturated carbocycles. The first-order chi connectivity index (χ1) is 14.7. The van der Waals surface area contributed by atoms with Gasteiger partial charge in [-0.3, -0.25) is 4.79 Å². The average Bonchev–Trinajstić information content (AvgIpc) is 3.30. The summed E-state index contributed by atoms with van der Waals surface area (Å²) in [7, 11) is 0. The van der Waals surface area contributed by atoms with Crippen molar-refractivity contribution < 1.29 is 22.7 Å². The van der Waals surface area contributed by atoms with Gasteiger partial charge in [-0.15, -0.1) is 0 Å². The molecule has 0 radical (unpaired) electrons. The van der Waals surface area contributed by atoms with Crippen molar-refractivity contribution in [2.75, 3.05) is 6.61 Å². The van der Waals surface area contributed by atoms with Gasteiger partial charge in [0.05, 0.1) is 30.0 Å². The first-order valence-corrected chi connectivity index (χ1v) is 9.96. The Bertz CT molecular complexity index is 1140. The summed E-state index contributed by atoms with van der Waals surface area (Å²) in [6.07, 6.45) is -3.66. The molecule has 2 aromatic carbocycles. The molecule has 1 aliphatic heterocycles. The van der Waals surface area contributed by atoms with Gasteiger partial charge in [0.15, 0.2) is 0 Å². The molecule has 1 aromatic heterocycles. The molecule has 162 valence electrons. The van der Waals surface area contributed by atoms with Crippen LogP contribution in [0.25, 0.3) is 5.69 Å². The molecule has 0 fully saturated rings. The van der Waals surface area contributed by atoms with Gasteiger partial charge >= 0.3 is 6.18 Å². The molecule has 5 nitrogen and oxygen atoms in total. The van der Waals surface area contributed by atoms with E-state index in [-0.39, 0.29) is 24.4 Å². The molecule has 1 aliphatic rings. The average molecular weight is 429 g/mol. The topological polar surface area (TPSA) is 56.2 Å². The van der Waals surface area contributed by atoms with E-state index < -0.39 is 11.7 Å². The van der Waals surface area contributed by atoms with E-state index in [4.69, 9.17) is 4.74 Å². The maximum atomic E-state index is 13.7. The van der Waals surface area contributed by atoms with E-state index in [9.17, 15) is 18.0 Å². The van der Waals surface area contributed by atoms with Gasteiger partial charge in [-0.1, -0.05) is 18.2 Å². The van der Waals surface area contributed by atoms with Crippen molar-refractivity contribution in [1.29, 1.82) is 0 Å². The standard InChI is InChI=1S/C23H22F3N3O2/c1-14-9-15(2)29(28-14)19-5-4-18(20(12-19)23(24,25)26)13-27-22(30)11-16-3-6-21-17(10-16)7-8-31-21/h3-6,9-10,12H,7-8,11,13H2,1-2H3,(H,27,30). The molecule has 4 rings (SSSR count). The Labute approximate surface area is 177 Å². The number of rotatable bonds is 5. The maximum Gasteiger partial charge on any atom is 0.416 e. The zero-order chi connectivity index (χ0) is 22.2. The monoisotopic (exact) mass is 429 g/mol. The number of hydrogen-bond acceptors (Lipinski definition) is 3. The van der Waals surface area contributed by atoms with E-state index in [0.29, 0.717) is 12.3 Å². The highest BCUT2D eigenvalue weighted by atomic mass is 19.4. The first-order valence-electron chi connectivity index (χ1n) is 9.96. The molecule has 0 spiro atoms. The summed E-state index contributed by atoms with van der Waals surface area (Å²) < 4.78 is 48.0. The zero-order valence-electron chi connectivity index (χ0n) is 17.2. The second-order valence-corrected chi connectivity index (χ2v) is 7.67. The van der Waals surface area contributed by atoms with Crippen molar-refractivity contribution in [2.24, 2.45) is 0 Å². The lowest BCUT2D eigenvalue weighted by atomic mass is 10.0. The third-order valence-corrected chi connectivity index (χ3v) is 5.25. The zero-order valence-corrected chi connectivity index (χ0v) is 17.2. The molecule has 0 atom stereocenters. The van der Waals surface area contributed by atoms with Crippen LogP contribution in [-0.4, -0.2) is 22.3 Å². The van der Waals surface area contributed by atoms with E-state index in [1.54, 1.807) is 32.0 Å². The van der Waals surface area contributed by atoms with Gasteiger partial charge in [-0.2, -0.15) is 18.3 Å². The Morgan fingerprint density at radius 3 is 2.68 bits per heavy atom. The van der Waals surface area contributed by atoms with Crippen molar-refractivity contribution in [3.8, 4) is 11.4 Å². The van der Waals surface area contributed by atoms with Crippen LogP contribution in [0, 0.1) is 13.8 Å². The maximum absolute atomic E-state index is 13.7. The van der Waals surface area contributed by atoms with E-state index >= 15 is 0 Å². The van der Waals surface area contributed by atoms with Gasteiger partial charge < -0.3 is 10.1 Å². The number of benzene rings is 2. The number of halogens is 3. The van der Waals surface area contributed by atoms with Gasteiger partial charge in [0.1, 0.15) is 5.75 Å². The largest absolute Gasteiger partial charge is 0.493 e. The van der Waals surface area contributed by atoms with Crippen molar-refractivity contribution >= 4 is 5.91 Å². The number of nitrogens with zero attached hydrogens (tertiary/aromatic N) is 2. The number of fused-ring (bicyclic) bond motifs is 1. The fraction of sp³-hybridized carbons (Fsp3) is 0.304. The SMILES string of the molecule is Cc1cc(C)n(-c2ccc(CNC(=O)Cc3ccc4c(c3)CCO4)c(C(F)(F)F)c2)n1. The highest BCUT2D eigenvalue weighted by Gasteiger charge is 2.34. The van der Waals surface area contributed by atoms with Crippen molar-refractivity contribution in [3.63, 3.8) is 0 Å². The Hall–Kier alpha value is -3.29. The van der Waals surface area contributed by atoms with Crippen LogP contribution >= 0.6 is 0 Å². The Morgan fingerprint density at radius 1 is 1.16 bits per heavy atom. The van der Waals surface area contributed by atoms with Crippen molar-refractivity contribution in [3.05, 3.63) is 76.1 Å². The lowest BCUT2D eigenvalue weighted by Gasteiger charge is -2.16. The van der Waals surface area contributed by atoms with Crippen LogP contribution in [-0.2, 0) is 30.4 Å². The Balaban J connectivity index is 1.49. The summed E-state index contributed by atoms with van der Waals surface area (Å²) in [6, 6.07) is 11.4. The van der Waals surface area contributed by atoms with E-state index in [1.807, 2.05) is 12.1 Å². The highest BCUT2D eigenvalue weighted by Crippen LogP contribution is 2.34. The summed E-state index contributed by atoms with van der Waals surface area (Å²) in [5.74, 6) is 0.483. The number of alkyl halides is 3. The fourth-order valence-electron chi connectivity index (χ4n) is 3.80. The number of carbonyl (C=O) groups is 1. The Kier molecular flexibility index (Phi) is 5.47. The summed E-state index contributed by atoms with van der Waals surface area (Å²) >= 11 is 0. The van der Waals surface area contributed by atoms with Crippen LogP contribution in [0.2, 0.25) is 0 Å². The van der Waals surface area contributed by atoms with Gasteiger partial charge in [0.25, 0.3) is 0 Å². The molecule has 0 saturated heterocycles. The molecule has 0 bridgehead atoms. The van der Waals surface area contributed by atoms with Crippen LogP contribution in [0.3, 0.4) is 0 Å². The molecular weight excluding hydrogens is 407 g/mol. The molecule has 31 heavy (non-hydrogen) atoms. The smallest absolute Gasteiger partial charge is 0.416 e. The minimum absolute atomic E-state index is 0.00786. The predicted octanol–water partition coefficient (Wildman–Crippen LogP) is 4.30. The molecule has 1 N–H and O–H groups in total. The lowest BCUT2D eigenvalue weighted by molar-refractivity contribution is -0.138. The van der Waals surface area contributed by atoms with Gasteiger partial charge in [-0.25, -0.2) is 4.68 Å². The third kappa shape index (κ3) is 4.57. The first kappa shape index (κ1) is 21.0. The van der Waals surface area contributed by atoms with Gasteiger partial charge in [0, 0.05) is 18.7 Å². The number of nitrogens with one attached hydrogen (secondary N) is 1. The van der Waals surface area contributed by atoms with Crippen LogP contribution in [0.5, 0.6) is 5.75 Å². The molecule has 3 aromatic rings. The van der Waals surface area contributed by atoms with Crippen LogP contribution in [0.15, 0.2) is 42.5 Å². The third-order valence-electron chi connectivity index (χ3n) is 5.25. The van der Waals surface area contributed by atoms with Crippen LogP contribution in [0.4, 0.5) is 13.2 Å². The lowest BCUT2D eigenvalue weighted by Crippen LogP contribution is -2.26. The minimum Gasteiger partial charge on any atom is -0.493 e. The normalized spacial score (nSPS) is 13.1. The molecule has 0 unspecified atom stereocenters. The molecule has 2 heterocycles. The van der Waals surface area contributed by atoms with Gasteiger partial charge in [-0.05, 0) is 54.8 Å². The number of carbonyl (C=O) groups excluding carboxylic acids is 1. The van der Waals surface area contributed by atoms with Gasteiger partial charge in [0.2, 0.25) is 5.91 Å². The van der Waals surface area contributed by atoms with E-state index in [2.05, 4.69) is 10.4 Å². The highest BCUT2D eigenvalue weighted by molar-refractivity contribution is 5.78. The predicted molar refractivity (Wildman–Crippen MR) is 109 cm³/mol. The molecule has 8 heteroatoms. The number of aryl methyl sites for hydroxylation is 2. The number of aromatic nitrogens is 2. The quantitative estimate of drug-likeness (QED) is 0.658.